The molecule has 0 N–H and O–H groups in total. The number of carbonyl (C=O) groups excluding carboxylic acids is 1. The molecule has 1 amide bonds. The lowest BCUT2D eigenvalue weighted by Crippen LogP contribution is -2.50. The monoisotopic (exact) mass is 321 g/mol. The van der Waals surface area contributed by atoms with Crippen molar-refractivity contribution in [3.8, 4) is 0 Å². The fraction of sp³-hybridized carbons (Fsp3) is 0.400. The highest BCUT2D eigenvalue weighted by molar-refractivity contribution is 5.93. The molecule has 4 heteroatoms. The highest BCUT2D eigenvalue weighted by atomic mass is 16.2. The first-order valence-electron chi connectivity index (χ1n) is 8.74. The summed E-state index contributed by atoms with van der Waals surface area (Å²) in [6.07, 6.45) is 5.92. The van der Waals surface area contributed by atoms with E-state index in [0.717, 1.165) is 32.7 Å². The van der Waals surface area contributed by atoms with E-state index in [-0.39, 0.29) is 5.91 Å². The third kappa shape index (κ3) is 3.06. The van der Waals surface area contributed by atoms with Crippen molar-refractivity contribution in [3.05, 3.63) is 66.0 Å². The van der Waals surface area contributed by atoms with Crippen LogP contribution in [0.25, 0.3) is 0 Å². The number of aromatic nitrogens is 1. The Bertz CT molecular complexity index is 689. The normalized spacial score (nSPS) is 19.9. The van der Waals surface area contributed by atoms with E-state index < -0.39 is 0 Å². The minimum Gasteiger partial charge on any atom is -0.336 e. The summed E-state index contributed by atoms with van der Waals surface area (Å²) in [5, 5.41) is 0. The standard InChI is InChI=1S/C20H23N3O/c24-19(17-5-4-10-21-15-17)23-13-11-22(12-14-23)16-20(8-9-20)18-6-2-1-3-7-18/h1-7,10,15H,8-9,11-14,16H2. The van der Waals surface area contributed by atoms with Gasteiger partial charge in [-0.3, -0.25) is 14.7 Å². The Balaban J connectivity index is 1.35. The van der Waals surface area contributed by atoms with Crippen LogP contribution in [0, 0.1) is 0 Å². The van der Waals surface area contributed by atoms with Gasteiger partial charge in [0.2, 0.25) is 0 Å². The number of amides is 1. The SMILES string of the molecule is O=C(c1cccnc1)N1CCN(CC2(c3ccccc3)CC2)CC1. The summed E-state index contributed by atoms with van der Waals surface area (Å²) in [7, 11) is 0. The molecule has 2 aliphatic rings. The fourth-order valence-corrected chi connectivity index (χ4v) is 3.69. The molecule has 1 aromatic heterocycles. The number of nitrogens with zero attached hydrogens (tertiary/aromatic N) is 3. The van der Waals surface area contributed by atoms with E-state index in [1.54, 1.807) is 12.4 Å². The predicted octanol–water partition coefficient (Wildman–Crippen LogP) is 2.57. The van der Waals surface area contributed by atoms with Gasteiger partial charge < -0.3 is 4.90 Å². The molecule has 0 unspecified atom stereocenters. The molecule has 0 bridgehead atoms. The first kappa shape index (κ1) is 15.3. The maximum atomic E-state index is 12.5. The summed E-state index contributed by atoms with van der Waals surface area (Å²) in [5.41, 5.74) is 2.52. The summed E-state index contributed by atoms with van der Waals surface area (Å²) in [6.45, 7) is 4.64. The van der Waals surface area contributed by atoms with Gasteiger partial charge in [0.25, 0.3) is 5.91 Å². The van der Waals surface area contributed by atoms with Gasteiger partial charge in [0.1, 0.15) is 0 Å². The number of hydrogen-bond donors (Lipinski definition) is 0. The first-order valence-corrected chi connectivity index (χ1v) is 8.74. The molecule has 1 saturated heterocycles. The van der Waals surface area contributed by atoms with Crippen LogP contribution in [0.5, 0.6) is 0 Å². The van der Waals surface area contributed by atoms with Crippen LogP contribution in [0.4, 0.5) is 0 Å². The first-order chi connectivity index (χ1) is 11.8. The van der Waals surface area contributed by atoms with Crippen LogP contribution in [0.1, 0.15) is 28.8 Å². The molecule has 4 rings (SSSR count). The average Bonchev–Trinajstić information content (AvgIpc) is 3.44. The lowest BCUT2D eigenvalue weighted by atomic mass is 9.95. The number of carbonyl (C=O) groups is 1. The summed E-state index contributed by atoms with van der Waals surface area (Å²) in [5.74, 6) is 0.104. The minimum atomic E-state index is 0.104. The van der Waals surface area contributed by atoms with Crippen LogP contribution in [0.15, 0.2) is 54.9 Å². The van der Waals surface area contributed by atoms with Crippen molar-refractivity contribution in [1.82, 2.24) is 14.8 Å². The number of benzene rings is 1. The van der Waals surface area contributed by atoms with Crippen molar-refractivity contribution in [2.75, 3.05) is 32.7 Å². The number of piperazine rings is 1. The van der Waals surface area contributed by atoms with Gasteiger partial charge in [0.05, 0.1) is 5.56 Å². The molecule has 124 valence electrons. The summed E-state index contributed by atoms with van der Waals surface area (Å²) < 4.78 is 0. The maximum Gasteiger partial charge on any atom is 0.255 e. The molecule has 1 aliphatic heterocycles. The quantitative estimate of drug-likeness (QED) is 0.868. The molecule has 2 aromatic rings. The van der Waals surface area contributed by atoms with Crippen LogP contribution < -0.4 is 0 Å². The number of pyridine rings is 1. The van der Waals surface area contributed by atoms with Crippen molar-refractivity contribution >= 4 is 5.91 Å². The Morgan fingerprint density at radius 2 is 1.75 bits per heavy atom. The van der Waals surface area contributed by atoms with E-state index in [9.17, 15) is 4.79 Å². The van der Waals surface area contributed by atoms with Gasteiger partial charge >= 0.3 is 0 Å². The minimum absolute atomic E-state index is 0.104. The van der Waals surface area contributed by atoms with Crippen LogP contribution in [0.3, 0.4) is 0 Å². The van der Waals surface area contributed by atoms with Gasteiger partial charge in [-0.05, 0) is 30.5 Å². The van der Waals surface area contributed by atoms with E-state index in [1.165, 1.54) is 18.4 Å². The summed E-state index contributed by atoms with van der Waals surface area (Å²) >= 11 is 0. The molecule has 0 spiro atoms. The van der Waals surface area contributed by atoms with Gasteiger partial charge in [0.15, 0.2) is 0 Å². The van der Waals surface area contributed by atoms with Crippen LogP contribution in [0.2, 0.25) is 0 Å². The molecule has 4 nitrogen and oxygen atoms in total. The highest BCUT2D eigenvalue weighted by Gasteiger charge is 2.45. The lowest BCUT2D eigenvalue weighted by Gasteiger charge is -2.36. The Morgan fingerprint density at radius 1 is 1.00 bits per heavy atom. The Hall–Kier alpha value is -2.20. The Labute approximate surface area is 143 Å². The van der Waals surface area contributed by atoms with E-state index in [2.05, 4.69) is 40.2 Å². The number of rotatable bonds is 4. The molecule has 1 saturated carbocycles. The summed E-state index contributed by atoms with van der Waals surface area (Å²) in [4.78, 5) is 21.0. The van der Waals surface area contributed by atoms with Gasteiger partial charge in [-0.15, -0.1) is 0 Å². The lowest BCUT2D eigenvalue weighted by molar-refractivity contribution is 0.0625. The molecule has 1 aliphatic carbocycles. The topological polar surface area (TPSA) is 36.4 Å². The van der Waals surface area contributed by atoms with Gasteiger partial charge in [-0.2, -0.15) is 0 Å². The largest absolute Gasteiger partial charge is 0.336 e. The van der Waals surface area contributed by atoms with Gasteiger partial charge in [-0.1, -0.05) is 30.3 Å². The van der Waals surface area contributed by atoms with Crippen molar-refractivity contribution in [1.29, 1.82) is 0 Å². The summed E-state index contributed by atoms with van der Waals surface area (Å²) in [6, 6.07) is 14.5. The highest BCUT2D eigenvalue weighted by Crippen LogP contribution is 2.48. The number of hydrogen-bond acceptors (Lipinski definition) is 3. The molecule has 0 atom stereocenters. The van der Waals surface area contributed by atoms with Crippen molar-refractivity contribution < 1.29 is 4.79 Å². The second-order valence-electron chi connectivity index (χ2n) is 6.96. The Morgan fingerprint density at radius 3 is 2.38 bits per heavy atom. The van der Waals surface area contributed by atoms with E-state index in [4.69, 9.17) is 0 Å². The zero-order chi connectivity index (χ0) is 16.4. The molecule has 0 radical (unpaired) electrons. The predicted molar refractivity (Wildman–Crippen MR) is 93.9 cm³/mol. The van der Waals surface area contributed by atoms with E-state index >= 15 is 0 Å². The second-order valence-corrected chi connectivity index (χ2v) is 6.96. The van der Waals surface area contributed by atoms with Crippen molar-refractivity contribution in [3.63, 3.8) is 0 Å². The van der Waals surface area contributed by atoms with Gasteiger partial charge in [0, 0.05) is 50.5 Å². The molecule has 1 aromatic carbocycles. The average molecular weight is 321 g/mol. The Kier molecular flexibility index (Phi) is 4.07. The van der Waals surface area contributed by atoms with E-state index in [1.807, 2.05) is 17.0 Å². The zero-order valence-corrected chi connectivity index (χ0v) is 13.9. The van der Waals surface area contributed by atoms with Crippen LogP contribution in [-0.4, -0.2) is 53.4 Å². The van der Waals surface area contributed by atoms with Crippen LogP contribution >= 0.6 is 0 Å². The maximum absolute atomic E-state index is 12.5. The van der Waals surface area contributed by atoms with Crippen LogP contribution in [-0.2, 0) is 5.41 Å². The van der Waals surface area contributed by atoms with Crippen molar-refractivity contribution in [2.24, 2.45) is 0 Å². The third-order valence-electron chi connectivity index (χ3n) is 5.33. The molecule has 2 fully saturated rings. The fourth-order valence-electron chi connectivity index (χ4n) is 3.69. The second kappa shape index (κ2) is 6.36. The zero-order valence-electron chi connectivity index (χ0n) is 13.9. The molecule has 2 heterocycles. The van der Waals surface area contributed by atoms with Gasteiger partial charge in [-0.25, -0.2) is 0 Å². The molecular formula is C20H23N3O. The third-order valence-corrected chi connectivity index (χ3v) is 5.33. The molecule has 24 heavy (non-hydrogen) atoms. The smallest absolute Gasteiger partial charge is 0.255 e. The van der Waals surface area contributed by atoms with Crippen molar-refractivity contribution in [2.45, 2.75) is 18.3 Å². The van der Waals surface area contributed by atoms with E-state index in [0.29, 0.717) is 11.0 Å². The molecular weight excluding hydrogens is 298 g/mol.